The third-order valence-corrected chi connectivity index (χ3v) is 4.02. The number of hydrogen-bond donors (Lipinski definition) is 1. The predicted octanol–water partition coefficient (Wildman–Crippen LogP) is 3.57. The lowest BCUT2D eigenvalue weighted by atomic mass is 10.0. The van der Waals surface area contributed by atoms with Gasteiger partial charge in [-0.15, -0.1) is 11.3 Å². The van der Waals surface area contributed by atoms with Crippen molar-refractivity contribution < 1.29 is 0 Å². The van der Waals surface area contributed by atoms with Crippen LogP contribution in [0.5, 0.6) is 0 Å². The summed E-state index contributed by atoms with van der Waals surface area (Å²) in [5, 5.41) is 6.52. The van der Waals surface area contributed by atoms with Crippen LogP contribution in [0.15, 0.2) is 29.6 Å². The zero-order valence-electron chi connectivity index (χ0n) is 10.7. The van der Waals surface area contributed by atoms with Crippen LogP contribution in [0.4, 0.5) is 0 Å². The Kier molecular flexibility index (Phi) is 3.31. The van der Waals surface area contributed by atoms with E-state index in [1.807, 2.05) is 7.05 Å². The molecular weight excluding hydrogens is 228 g/mol. The maximum Gasteiger partial charge on any atom is 0.123 e. The van der Waals surface area contributed by atoms with E-state index in [2.05, 4.69) is 55.7 Å². The maximum absolute atomic E-state index is 4.74. The van der Waals surface area contributed by atoms with Crippen molar-refractivity contribution in [3.05, 3.63) is 40.9 Å². The first kappa shape index (κ1) is 12.3. The largest absolute Gasteiger partial charge is 0.310 e. The van der Waals surface area contributed by atoms with E-state index in [9.17, 15) is 0 Å². The van der Waals surface area contributed by atoms with Gasteiger partial charge in [0.25, 0.3) is 0 Å². The number of thiazole rings is 1. The average molecular weight is 246 g/mol. The second-order valence-electron chi connectivity index (χ2n) is 4.73. The van der Waals surface area contributed by atoms with Gasteiger partial charge in [-0.25, -0.2) is 4.98 Å². The lowest BCUT2D eigenvalue weighted by molar-refractivity contribution is 0.434. The van der Waals surface area contributed by atoms with E-state index in [1.54, 1.807) is 11.3 Å². The third-order valence-electron chi connectivity index (χ3n) is 3.15. The van der Waals surface area contributed by atoms with Crippen LogP contribution < -0.4 is 5.32 Å². The van der Waals surface area contributed by atoms with Crippen molar-refractivity contribution in [2.24, 2.45) is 0 Å². The van der Waals surface area contributed by atoms with E-state index < -0.39 is 0 Å². The van der Waals surface area contributed by atoms with Crippen LogP contribution in [0.3, 0.4) is 0 Å². The zero-order valence-corrected chi connectivity index (χ0v) is 11.6. The Hall–Kier alpha value is -1.19. The normalized spacial score (nSPS) is 11.8. The van der Waals surface area contributed by atoms with Gasteiger partial charge in [0, 0.05) is 10.9 Å². The van der Waals surface area contributed by atoms with Crippen molar-refractivity contribution in [3.8, 4) is 10.6 Å². The Morgan fingerprint density at radius 2 is 1.94 bits per heavy atom. The van der Waals surface area contributed by atoms with Crippen molar-refractivity contribution in [2.75, 3.05) is 7.05 Å². The first-order valence-corrected chi connectivity index (χ1v) is 6.63. The molecule has 2 nitrogen and oxygen atoms in total. The van der Waals surface area contributed by atoms with Gasteiger partial charge in [0.1, 0.15) is 5.01 Å². The second kappa shape index (κ2) is 4.59. The van der Waals surface area contributed by atoms with Crippen molar-refractivity contribution in [1.82, 2.24) is 10.3 Å². The molecule has 0 bridgehead atoms. The molecule has 0 aliphatic rings. The van der Waals surface area contributed by atoms with E-state index in [4.69, 9.17) is 4.98 Å². The standard InChI is InChI=1S/C14H18N2S/c1-10-7-5-6-8-11(10)13-16-12(9-17-13)14(2,3)15-4/h5-9,15H,1-4H3. The van der Waals surface area contributed by atoms with Gasteiger partial charge in [-0.2, -0.15) is 0 Å². The SMILES string of the molecule is CNC(C)(C)c1csc(-c2ccccc2C)n1. The van der Waals surface area contributed by atoms with Crippen molar-refractivity contribution in [2.45, 2.75) is 26.3 Å². The number of nitrogens with zero attached hydrogens (tertiary/aromatic N) is 1. The van der Waals surface area contributed by atoms with Crippen LogP contribution in [-0.4, -0.2) is 12.0 Å². The monoisotopic (exact) mass is 246 g/mol. The number of aromatic nitrogens is 1. The van der Waals surface area contributed by atoms with Crippen molar-refractivity contribution in [3.63, 3.8) is 0 Å². The quantitative estimate of drug-likeness (QED) is 0.895. The fraction of sp³-hybridized carbons (Fsp3) is 0.357. The molecule has 0 fully saturated rings. The topological polar surface area (TPSA) is 24.9 Å². The maximum atomic E-state index is 4.74. The smallest absolute Gasteiger partial charge is 0.123 e. The highest BCUT2D eigenvalue weighted by atomic mass is 32.1. The van der Waals surface area contributed by atoms with Crippen LogP contribution >= 0.6 is 11.3 Å². The van der Waals surface area contributed by atoms with Crippen LogP contribution in [0, 0.1) is 6.92 Å². The first-order chi connectivity index (χ1) is 8.04. The Morgan fingerprint density at radius 1 is 1.24 bits per heavy atom. The summed E-state index contributed by atoms with van der Waals surface area (Å²) in [6.07, 6.45) is 0. The molecule has 2 aromatic rings. The molecule has 1 heterocycles. The number of benzene rings is 1. The summed E-state index contributed by atoms with van der Waals surface area (Å²) >= 11 is 1.71. The minimum absolute atomic E-state index is 0.0720. The van der Waals surface area contributed by atoms with Crippen LogP contribution in [-0.2, 0) is 5.54 Å². The van der Waals surface area contributed by atoms with Crippen LogP contribution in [0.2, 0.25) is 0 Å². The van der Waals surface area contributed by atoms with E-state index in [0.29, 0.717) is 0 Å². The van der Waals surface area contributed by atoms with Gasteiger partial charge in [0.2, 0.25) is 0 Å². The van der Waals surface area contributed by atoms with E-state index in [0.717, 1.165) is 10.7 Å². The van der Waals surface area contributed by atoms with Gasteiger partial charge < -0.3 is 5.32 Å². The number of rotatable bonds is 3. The molecule has 1 aromatic heterocycles. The number of hydrogen-bond acceptors (Lipinski definition) is 3. The van der Waals surface area contributed by atoms with Gasteiger partial charge in [-0.3, -0.25) is 0 Å². The molecule has 90 valence electrons. The average Bonchev–Trinajstić information content (AvgIpc) is 2.79. The number of aryl methyl sites for hydroxylation is 1. The van der Waals surface area contributed by atoms with Gasteiger partial charge in [-0.1, -0.05) is 24.3 Å². The molecule has 2 rings (SSSR count). The molecule has 1 aromatic carbocycles. The molecule has 0 radical (unpaired) electrons. The summed E-state index contributed by atoms with van der Waals surface area (Å²) in [5.41, 5.74) is 3.53. The van der Waals surface area contributed by atoms with Gasteiger partial charge in [-0.05, 0) is 33.4 Å². The van der Waals surface area contributed by atoms with Gasteiger partial charge in [0.05, 0.1) is 11.2 Å². The lowest BCUT2D eigenvalue weighted by Gasteiger charge is -2.21. The predicted molar refractivity (Wildman–Crippen MR) is 74.4 cm³/mol. The lowest BCUT2D eigenvalue weighted by Crippen LogP contribution is -2.33. The molecule has 0 spiro atoms. The highest BCUT2D eigenvalue weighted by Crippen LogP contribution is 2.30. The van der Waals surface area contributed by atoms with Gasteiger partial charge >= 0.3 is 0 Å². The zero-order chi connectivity index (χ0) is 12.5. The summed E-state index contributed by atoms with van der Waals surface area (Å²) in [5.74, 6) is 0. The Balaban J connectivity index is 2.40. The fourth-order valence-electron chi connectivity index (χ4n) is 1.63. The summed E-state index contributed by atoms with van der Waals surface area (Å²) in [6.45, 7) is 6.41. The summed E-state index contributed by atoms with van der Waals surface area (Å²) in [6, 6.07) is 8.38. The molecule has 0 amide bonds. The highest BCUT2D eigenvalue weighted by molar-refractivity contribution is 7.13. The summed E-state index contributed by atoms with van der Waals surface area (Å²) in [4.78, 5) is 4.74. The van der Waals surface area contributed by atoms with Gasteiger partial charge in [0.15, 0.2) is 0 Å². The summed E-state index contributed by atoms with van der Waals surface area (Å²) in [7, 11) is 1.97. The highest BCUT2D eigenvalue weighted by Gasteiger charge is 2.21. The molecule has 17 heavy (non-hydrogen) atoms. The number of nitrogens with one attached hydrogen (secondary N) is 1. The fourth-order valence-corrected chi connectivity index (χ4v) is 2.70. The molecule has 3 heteroatoms. The van der Waals surface area contributed by atoms with E-state index in [-0.39, 0.29) is 5.54 Å². The minimum Gasteiger partial charge on any atom is -0.310 e. The molecule has 0 saturated heterocycles. The van der Waals surface area contributed by atoms with Crippen molar-refractivity contribution in [1.29, 1.82) is 0 Å². The first-order valence-electron chi connectivity index (χ1n) is 5.75. The Labute approximate surface area is 107 Å². The molecule has 0 atom stereocenters. The van der Waals surface area contributed by atoms with Crippen LogP contribution in [0.25, 0.3) is 10.6 Å². The molecule has 0 aliphatic carbocycles. The van der Waals surface area contributed by atoms with E-state index in [1.165, 1.54) is 11.1 Å². The Morgan fingerprint density at radius 3 is 2.59 bits per heavy atom. The molecule has 0 aliphatic heterocycles. The summed E-state index contributed by atoms with van der Waals surface area (Å²) < 4.78 is 0. The van der Waals surface area contributed by atoms with Crippen LogP contribution in [0.1, 0.15) is 25.1 Å². The van der Waals surface area contributed by atoms with Crippen molar-refractivity contribution >= 4 is 11.3 Å². The second-order valence-corrected chi connectivity index (χ2v) is 5.59. The Bertz CT molecular complexity index is 514. The van der Waals surface area contributed by atoms with E-state index >= 15 is 0 Å². The molecule has 0 saturated carbocycles. The third kappa shape index (κ3) is 2.40. The molecule has 0 unspecified atom stereocenters. The minimum atomic E-state index is -0.0720. The molecular formula is C14H18N2S. The molecule has 1 N–H and O–H groups in total.